The molecule has 0 radical (unpaired) electrons. The van der Waals surface area contributed by atoms with E-state index in [2.05, 4.69) is 39.1 Å². The van der Waals surface area contributed by atoms with E-state index in [1.807, 2.05) is 36.2 Å². The summed E-state index contributed by atoms with van der Waals surface area (Å²) in [5, 5.41) is 0.824. The largest absolute Gasteiger partial charge is 0.467 e. The van der Waals surface area contributed by atoms with E-state index in [0.717, 1.165) is 49.7 Å². The van der Waals surface area contributed by atoms with E-state index in [1.165, 1.54) is 17.5 Å². The number of piperidine rings is 1. The molecule has 0 spiro atoms. The first-order valence-corrected chi connectivity index (χ1v) is 11.1. The van der Waals surface area contributed by atoms with Gasteiger partial charge in [0.25, 0.3) is 5.91 Å². The van der Waals surface area contributed by atoms with Crippen LogP contribution in [-0.2, 0) is 17.6 Å². The standard InChI is InChI=1S/C25H28N4O2/c1-28(24(30)16-31-25-22-10-4-5-11-23(22)26-17-27-25)20-9-6-12-29(15-20)21-13-18-7-2-3-8-19(18)14-21/h2-5,7-8,10-11,17,20-21H,6,9,12-16H2,1H3/t20-/m0/s1. The van der Waals surface area contributed by atoms with Crippen LogP contribution >= 0.6 is 0 Å². The van der Waals surface area contributed by atoms with Crippen LogP contribution in [0.2, 0.25) is 0 Å². The Hall–Kier alpha value is -2.99. The van der Waals surface area contributed by atoms with Crippen molar-refractivity contribution in [3.63, 3.8) is 0 Å². The van der Waals surface area contributed by atoms with Gasteiger partial charge in [-0.15, -0.1) is 0 Å². The predicted octanol–water partition coefficient (Wildman–Crippen LogP) is 3.10. The van der Waals surface area contributed by atoms with Gasteiger partial charge in [-0.25, -0.2) is 9.97 Å². The van der Waals surface area contributed by atoms with E-state index in [-0.39, 0.29) is 18.6 Å². The second-order valence-electron chi connectivity index (χ2n) is 8.61. The Morgan fingerprint density at radius 2 is 1.84 bits per heavy atom. The third kappa shape index (κ3) is 4.12. The van der Waals surface area contributed by atoms with Crippen LogP contribution in [0.15, 0.2) is 54.9 Å². The zero-order chi connectivity index (χ0) is 21.2. The van der Waals surface area contributed by atoms with Crippen LogP contribution in [0.5, 0.6) is 5.88 Å². The minimum Gasteiger partial charge on any atom is -0.467 e. The summed E-state index contributed by atoms with van der Waals surface area (Å²) >= 11 is 0. The fourth-order valence-electron chi connectivity index (χ4n) is 4.96. The summed E-state index contributed by atoms with van der Waals surface area (Å²) in [7, 11) is 1.90. The number of aromatic nitrogens is 2. The number of hydrogen-bond donors (Lipinski definition) is 0. The van der Waals surface area contributed by atoms with Crippen molar-refractivity contribution < 1.29 is 9.53 Å². The molecule has 1 amide bonds. The molecule has 0 saturated carbocycles. The van der Waals surface area contributed by atoms with Crippen molar-refractivity contribution in [1.29, 1.82) is 0 Å². The zero-order valence-corrected chi connectivity index (χ0v) is 17.9. The third-order valence-electron chi connectivity index (χ3n) is 6.75. The molecule has 1 aromatic heterocycles. The van der Waals surface area contributed by atoms with Crippen molar-refractivity contribution in [2.45, 2.75) is 37.8 Å². The molecule has 31 heavy (non-hydrogen) atoms. The molecule has 0 N–H and O–H groups in total. The Kier molecular flexibility index (Phi) is 5.55. The van der Waals surface area contributed by atoms with Crippen molar-refractivity contribution in [2.24, 2.45) is 0 Å². The second-order valence-corrected chi connectivity index (χ2v) is 8.61. The number of benzene rings is 2. The van der Waals surface area contributed by atoms with Crippen molar-refractivity contribution >= 4 is 16.8 Å². The van der Waals surface area contributed by atoms with Gasteiger partial charge in [-0.3, -0.25) is 9.69 Å². The number of likely N-dealkylation sites (N-methyl/N-ethyl adjacent to an activating group) is 1. The Bertz CT molecular complexity index is 1060. The van der Waals surface area contributed by atoms with Gasteiger partial charge in [-0.2, -0.15) is 0 Å². The highest BCUT2D eigenvalue weighted by Gasteiger charge is 2.32. The molecule has 1 saturated heterocycles. The van der Waals surface area contributed by atoms with Crippen LogP contribution in [0.3, 0.4) is 0 Å². The molecule has 2 heterocycles. The van der Waals surface area contributed by atoms with Crippen molar-refractivity contribution in [2.75, 3.05) is 26.7 Å². The fraction of sp³-hybridized carbons (Fsp3) is 0.400. The molecule has 3 aromatic rings. The molecule has 6 heteroatoms. The van der Waals surface area contributed by atoms with Gasteiger partial charge in [-0.1, -0.05) is 36.4 Å². The quantitative estimate of drug-likeness (QED) is 0.640. The van der Waals surface area contributed by atoms with Crippen molar-refractivity contribution in [3.05, 3.63) is 66.0 Å². The van der Waals surface area contributed by atoms with Crippen molar-refractivity contribution in [1.82, 2.24) is 19.8 Å². The highest BCUT2D eigenvalue weighted by Crippen LogP contribution is 2.28. The van der Waals surface area contributed by atoms with E-state index in [9.17, 15) is 4.79 Å². The van der Waals surface area contributed by atoms with E-state index < -0.39 is 0 Å². The number of carbonyl (C=O) groups is 1. The number of fused-ring (bicyclic) bond motifs is 2. The summed E-state index contributed by atoms with van der Waals surface area (Å²) < 4.78 is 5.81. The predicted molar refractivity (Wildman–Crippen MR) is 120 cm³/mol. The average Bonchev–Trinajstić information content (AvgIpc) is 3.26. The Morgan fingerprint density at radius 3 is 2.65 bits per heavy atom. The van der Waals surface area contributed by atoms with Crippen LogP contribution in [0.4, 0.5) is 0 Å². The summed E-state index contributed by atoms with van der Waals surface area (Å²) in [6, 6.07) is 17.2. The molecule has 0 unspecified atom stereocenters. The molecular weight excluding hydrogens is 388 g/mol. The smallest absolute Gasteiger partial charge is 0.260 e. The molecule has 1 aliphatic carbocycles. The topological polar surface area (TPSA) is 58.6 Å². The summed E-state index contributed by atoms with van der Waals surface area (Å²) in [5.74, 6) is 0.450. The van der Waals surface area contributed by atoms with E-state index in [1.54, 1.807) is 0 Å². The number of hydrogen-bond acceptors (Lipinski definition) is 5. The summed E-state index contributed by atoms with van der Waals surface area (Å²) in [6.07, 6.45) is 5.86. The molecule has 1 fully saturated rings. The average molecular weight is 417 g/mol. The van der Waals surface area contributed by atoms with Gasteiger partial charge >= 0.3 is 0 Å². The minimum absolute atomic E-state index is 0.00995. The van der Waals surface area contributed by atoms with Gasteiger partial charge in [-0.05, 0) is 55.5 Å². The lowest BCUT2D eigenvalue weighted by Crippen LogP contribution is -2.52. The first-order chi connectivity index (χ1) is 15.2. The highest BCUT2D eigenvalue weighted by molar-refractivity contribution is 5.84. The van der Waals surface area contributed by atoms with Crippen LogP contribution in [-0.4, -0.2) is 64.5 Å². The number of rotatable bonds is 5. The maximum absolute atomic E-state index is 12.9. The minimum atomic E-state index is -0.0110. The number of nitrogens with zero attached hydrogens (tertiary/aromatic N) is 4. The zero-order valence-electron chi connectivity index (χ0n) is 17.9. The van der Waals surface area contributed by atoms with Gasteiger partial charge in [0.05, 0.1) is 10.9 Å². The number of ether oxygens (including phenoxy) is 1. The molecule has 1 atom stereocenters. The summed E-state index contributed by atoms with van der Waals surface area (Å²) in [4.78, 5) is 25.8. The Labute approximate surface area is 182 Å². The summed E-state index contributed by atoms with van der Waals surface area (Å²) in [6.45, 7) is 2.03. The lowest BCUT2D eigenvalue weighted by Gasteiger charge is -2.40. The molecular formula is C25H28N4O2. The normalized spacial score (nSPS) is 19.3. The Morgan fingerprint density at radius 1 is 1.10 bits per heavy atom. The number of amides is 1. The third-order valence-corrected chi connectivity index (χ3v) is 6.75. The monoisotopic (exact) mass is 416 g/mol. The number of likely N-dealkylation sites (tertiary alicyclic amines) is 1. The second kappa shape index (κ2) is 8.63. The first-order valence-electron chi connectivity index (χ1n) is 11.1. The number of para-hydroxylation sites is 1. The van der Waals surface area contributed by atoms with Gasteiger partial charge in [0.2, 0.25) is 5.88 Å². The van der Waals surface area contributed by atoms with Gasteiger partial charge in [0.1, 0.15) is 6.33 Å². The van der Waals surface area contributed by atoms with Crippen LogP contribution in [0.25, 0.3) is 10.9 Å². The molecule has 5 rings (SSSR count). The first kappa shape index (κ1) is 19.9. The van der Waals surface area contributed by atoms with E-state index in [0.29, 0.717) is 11.9 Å². The van der Waals surface area contributed by atoms with Crippen LogP contribution in [0, 0.1) is 0 Å². The van der Waals surface area contributed by atoms with E-state index in [4.69, 9.17) is 4.74 Å². The molecule has 6 nitrogen and oxygen atoms in total. The highest BCUT2D eigenvalue weighted by atomic mass is 16.5. The fourth-order valence-corrected chi connectivity index (χ4v) is 4.96. The van der Waals surface area contributed by atoms with Gasteiger partial charge in [0.15, 0.2) is 6.61 Å². The van der Waals surface area contributed by atoms with Crippen LogP contribution in [0.1, 0.15) is 24.0 Å². The van der Waals surface area contributed by atoms with Crippen LogP contribution < -0.4 is 4.74 Å². The molecule has 2 aliphatic rings. The van der Waals surface area contributed by atoms with Gasteiger partial charge < -0.3 is 9.64 Å². The van der Waals surface area contributed by atoms with Crippen molar-refractivity contribution in [3.8, 4) is 5.88 Å². The molecule has 160 valence electrons. The summed E-state index contributed by atoms with van der Waals surface area (Å²) in [5.41, 5.74) is 3.77. The maximum Gasteiger partial charge on any atom is 0.260 e. The molecule has 2 aromatic carbocycles. The number of carbonyl (C=O) groups excluding carboxylic acids is 1. The maximum atomic E-state index is 12.9. The molecule has 1 aliphatic heterocycles. The van der Waals surface area contributed by atoms with E-state index >= 15 is 0 Å². The lowest BCUT2D eigenvalue weighted by atomic mass is 10.0. The lowest BCUT2D eigenvalue weighted by molar-refractivity contribution is -0.135. The van der Waals surface area contributed by atoms with Gasteiger partial charge in [0, 0.05) is 25.7 Å². The SMILES string of the molecule is CN(C(=O)COc1ncnc2ccccc12)[C@H]1CCCN(C2Cc3ccccc3C2)C1. The Balaban J connectivity index is 1.19. The molecule has 0 bridgehead atoms.